The van der Waals surface area contributed by atoms with Gasteiger partial charge in [-0.05, 0) is 37.6 Å². The van der Waals surface area contributed by atoms with E-state index in [0.717, 1.165) is 16.7 Å². The summed E-state index contributed by atoms with van der Waals surface area (Å²) in [6, 6.07) is 7.42. The number of carbonyl (C=O) groups excluding carboxylic acids is 1. The van der Waals surface area contributed by atoms with E-state index in [-0.39, 0.29) is 12.5 Å². The fraction of sp³-hybridized carbons (Fsp3) is 0.188. The Morgan fingerprint density at radius 3 is 2.80 bits per heavy atom. The van der Waals surface area contributed by atoms with Crippen molar-refractivity contribution in [1.29, 1.82) is 0 Å². The number of aryl methyl sites for hydroxylation is 2. The van der Waals surface area contributed by atoms with E-state index in [1.165, 1.54) is 6.26 Å². The van der Waals surface area contributed by atoms with Crippen LogP contribution >= 0.6 is 0 Å². The van der Waals surface area contributed by atoms with Gasteiger partial charge in [0.05, 0.1) is 18.5 Å². The Labute approximate surface area is 118 Å². The third-order valence-corrected chi connectivity index (χ3v) is 2.82. The van der Waals surface area contributed by atoms with Gasteiger partial charge in [-0.15, -0.1) is 0 Å². The van der Waals surface area contributed by atoms with Crippen LogP contribution in [-0.4, -0.2) is 12.5 Å². The molecule has 0 aliphatic rings. The molecule has 0 fully saturated rings. The Balaban J connectivity index is 2.31. The number of amides is 1. The van der Waals surface area contributed by atoms with Crippen molar-refractivity contribution in [1.82, 2.24) is 0 Å². The molecule has 0 aliphatic carbocycles. The molecule has 4 nitrogen and oxygen atoms in total. The Morgan fingerprint density at radius 1 is 1.35 bits per heavy atom. The molecule has 0 unspecified atom stereocenters. The second-order valence-corrected chi connectivity index (χ2v) is 4.44. The van der Waals surface area contributed by atoms with Crippen LogP contribution in [0, 0.1) is 25.7 Å². The van der Waals surface area contributed by atoms with Crippen molar-refractivity contribution < 1.29 is 9.21 Å². The van der Waals surface area contributed by atoms with Gasteiger partial charge < -0.3 is 15.5 Å². The van der Waals surface area contributed by atoms with E-state index in [1.54, 1.807) is 6.07 Å². The molecule has 20 heavy (non-hydrogen) atoms. The fourth-order valence-corrected chi connectivity index (χ4v) is 1.80. The van der Waals surface area contributed by atoms with Crippen molar-refractivity contribution in [3.05, 3.63) is 53.0 Å². The molecule has 1 amide bonds. The van der Waals surface area contributed by atoms with Crippen molar-refractivity contribution >= 4 is 11.6 Å². The fourth-order valence-electron chi connectivity index (χ4n) is 1.80. The van der Waals surface area contributed by atoms with Crippen molar-refractivity contribution in [2.24, 2.45) is 5.73 Å². The van der Waals surface area contributed by atoms with Crippen molar-refractivity contribution in [3.8, 4) is 11.8 Å². The second-order valence-electron chi connectivity index (χ2n) is 4.44. The molecular formula is C16H16N2O2. The number of hydrogen-bond acceptors (Lipinski definition) is 3. The second kappa shape index (κ2) is 6.09. The van der Waals surface area contributed by atoms with E-state index >= 15 is 0 Å². The zero-order valence-corrected chi connectivity index (χ0v) is 11.5. The van der Waals surface area contributed by atoms with Gasteiger partial charge in [0.1, 0.15) is 0 Å². The molecule has 0 spiro atoms. The van der Waals surface area contributed by atoms with E-state index in [4.69, 9.17) is 10.2 Å². The highest BCUT2D eigenvalue weighted by molar-refractivity contribution is 6.03. The van der Waals surface area contributed by atoms with Crippen LogP contribution in [0.3, 0.4) is 0 Å². The number of nitrogens with two attached hydrogens (primary N) is 1. The molecule has 2 rings (SSSR count). The molecule has 0 saturated carbocycles. The summed E-state index contributed by atoms with van der Waals surface area (Å²) >= 11 is 0. The molecular weight excluding hydrogens is 252 g/mol. The highest BCUT2D eigenvalue weighted by atomic mass is 16.3. The lowest BCUT2D eigenvalue weighted by Gasteiger charge is -2.08. The quantitative estimate of drug-likeness (QED) is 0.822. The van der Waals surface area contributed by atoms with Crippen LogP contribution in [0.5, 0.6) is 0 Å². The first kappa shape index (κ1) is 13.9. The Morgan fingerprint density at radius 2 is 2.15 bits per heavy atom. The minimum Gasteiger partial charge on any atom is -0.459 e. The smallest absolute Gasteiger partial charge is 0.291 e. The lowest BCUT2D eigenvalue weighted by molar-refractivity contribution is 0.0996. The Hall–Kier alpha value is -2.51. The summed E-state index contributed by atoms with van der Waals surface area (Å²) in [5, 5.41) is 2.83. The van der Waals surface area contributed by atoms with E-state index in [1.807, 2.05) is 32.0 Å². The molecule has 4 heteroatoms. The number of hydrogen-bond donors (Lipinski definition) is 2. The molecule has 3 N–H and O–H groups in total. The van der Waals surface area contributed by atoms with Gasteiger partial charge in [0.25, 0.3) is 5.91 Å². The lowest BCUT2D eigenvalue weighted by atomic mass is 10.1. The first-order valence-corrected chi connectivity index (χ1v) is 6.27. The third-order valence-electron chi connectivity index (χ3n) is 2.82. The predicted molar refractivity (Wildman–Crippen MR) is 78.5 cm³/mol. The van der Waals surface area contributed by atoms with Crippen LogP contribution in [-0.2, 0) is 0 Å². The average Bonchev–Trinajstić information content (AvgIpc) is 2.84. The van der Waals surface area contributed by atoms with Crippen LogP contribution < -0.4 is 11.1 Å². The van der Waals surface area contributed by atoms with Crippen LogP contribution in [0.4, 0.5) is 5.69 Å². The Bertz CT molecular complexity index is 690. The molecule has 2 aromatic rings. The first-order chi connectivity index (χ1) is 9.61. The topological polar surface area (TPSA) is 68.3 Å². The maximum atomic E-state index is 12.2. The van der Waals surface area contributed by atoms with Gasteiger partial charge >= 0.3 is 0 Å². The van der Waals surface area contributed by atoms with Crippen molar-refractivity contribution in [2.45, 2.75) is 13.8 Å². The van der Waals surface area contributed by atoms with Crippen LogP contribution in [0.15, 0.2) is 34.9 Å². The summed E-state index contributed by atoms with van der Waals surface area (Å²) in [7, 11) is 0. The molecule has 1 heterocycles. The molecule has 0 aliphatic heterocycles. The first-order valence-electron chi connectivity index (χ1n) is 6.27. The largest absolute Gasteiger partial charge is 0.459 e. The van der Waals surface area contributed by atoms with Gasteiger partial charge in [0, 0.05) is 11.1 Å². The van der Waals surface area contributed by atoms with Crippen molar-refractivity contribution in [3.63, 3.8) is 0 Å². The summed E-state index contributed by atoms with van der Waals surface area (Å²) < 4.78 is 5.18. The summed E-state index contributed by atoms with van der Waals surface area (Å²) in [6.07, 6.45) is 1.50. The number of rotatable bonds is 2. The molecule has 0 bridgehead atoms. The molecule has 0 atom stereocenters. The molecule has 102 valence electrons. The van der Waals surface area contributed by atoms with Gasteiger partial charge in [0.15, 0.2) is 5.76 Å². The standard InChI is InChI=1S/C16H16N2O2/c1-11-5-6-13(4-3-8-17)14(10-11)18-16(19)15-12(2)7-9-20-15/h5-7,9-10H,8,17H2,1-2H3,(H,18,19). The maximum Gasteiger partial charge on any atom is 0.291 e. The normalized spacial score (nSPS) is 9.75. The maximum absolute atomic E-state index is 12.2. The monoisotopic (exact) mass is 268 g/mol. The van der Waals surface area contributed by atoms with Crippen LogP contribution in [0.25, 0.3) is 0 Å². The van der Waals surface area contributed by atoms with Crippen LogP contribution in [0.2, 0.25) is 0 Å². The third kappa shape index (κ3) is 3.08. The zero-order valence-electron chi connectivity index (χ0n) is 11.5. The van der Waals surface area contributed by atoms with Crippen molar-refractivity contribution in [2.75, 3.05) is 11.9 Å². The highest BCUT2D eigenvalue weighted by Crippen LogP contribution is 2.19. The van der Waals surface area contributed by atoms with E-state index in [9.17, 15) is 4.79 Å². The molecule has 1 aromatic heterocycles. The van der Waals surface area contributed by atoms with E-state index < -0.39 is 0 Å². The van der Waals surface area contributed by atoms with Gasteiger partial charge in [-0.25, -0.2) is 0 Å². The molecule has 0 radical (unpaired) electrons. The SMILES string of the molecule is Cc1ccc(C#CCN)c(NC(=O)c2occc2C)c1. The zero-order chi connectivity index (χ0) is 14.5. The summed E-state index contributed by atoms with van der Waals surface area (Å²) in [6.45, 7) is 4.05. The Kier molecular flexibility index (Phi) is 4.24. The number of furan rings is 1. The number of anilines is 1. The number of benzene rings is 1. The minimum atomic E-state index is -0.283. The summed E-state index contributed by atoms with van der Waals surface area (Å²) in [5.41, 5.74) is 8.61. The van der Waals surface area contributed by atoms with Gasteiger partial charge in [-0.2, -0.15) is 0 Å². The van der Waals surface area contributed by atoms with Gasteiger partial charge in [-0.1, -0.05) is 17.9 Å². The number of carbonyl (C=O) groups is 1. The van der Waals surface area contributed by atoms with E-state index in [2.05, 4.69) is 17.2 Å². The lowest BCUT2D eigenvalue weighted by Crippen LogP contribution is -2.13. The number of nitrogens with one attached hydrogen (secondary N) is 1. The van der Waals surface area contributed by atoms with Gasteiger partial charge in [0.2, 0.25) is 0 Å². The predicted octanol–water partition coefficient (Wildman–Crippen LogP) is 2.46. The van der Waals surface area contributed by atoms with Crippen LogP contribution in [0.1, 0.15) is 27.2 Å². The highest BCUT2D eigenvalue weighted by Gasteiger charge is 2.14. The average molecular weight is 268 g/mol. The molecule has 1 aromatic carbocycles. The van der Waals surface area contributed by atoms with Gasteiger partial charge in [-0.3, -0.25) is 4.79 Å². The summed E-state index contributed by atoms with van der Waals surface area (Å²) in [4.78, 5) is 12.2. The van der Waals surface area contributed by atoms with E-state index in [0.29, 0.717) is 11.4 Å². The summed E-state index contributed by atoms with van der Waals surface area (Å²) in [5.74, 6) is 5.76. The minimum absolute atomic E-state index is 0.276. The molecule has 0 saturated heterocycles.